The van der Waals surface area contributed by atoms with E-state index in [-0.39, 0.29) is 5.56 Å². The minimum atomic E-state index is -0.527. The summed E-state index contributed by atoms with van der Waals surface area (Å²) >= 11 is 1.15. The van der Waals surface area contributed by atoms with Crippen molar-refractivity contribution in [2.45, 2.75) is 20.4 Å². The minimum absolute atomic E-state index is 0.163. The smallest absolute Gasteiger partial charge is 0.262 e. The molecule has 0 aliphatic carbocycles. The second-order valence-corrected chi connectivity index (χ2v) is 5.23. The Bertz CT molecular complexity index is 712. The molecule has 2 aromatic rings. The van der Waals surface area contributed by atoms with E-state index < -0.39 is 5.91 Å². The second kappa shape index (κ2) is 4.38. The first-order valence-electron chi connectivity index (χ1n) is 5.34. The number of hydrogen-bond acceptors (Lipinski definition) is 4. The van der Waals surface area contributed by atoms with Gasteiger partial charge in [0.05, 0.1) is 16.6 Å². The standard InChI is InChI=1S/C12H13N3O2S/c1-6(2)4-15-5-14-11-8(12(15)17)7(3)9(18-11)10(13)16/h5H,1,4H2,2-3H3,(H2,13,16). The summed E-state index contributed by atoms with van der Waals surface area (Å²) in [7, 11) is 0. The van der Waals surface area contributed by atoms with Crippen molar-refractivity contribution in [3.05, 3.63) is 39.3 Å². The molecule has 0 spiro atoms. The Morgan fingerprint density at radius 2 is 2.28 bits per heavy atom. The Labute approximate surface area is 108 Å². The Kier molecular flexibility index (Phi) is 3.04. The number of thiophene rings is 1. The number of carbonyl (C=O) groups excluding carboxylic acids is 1. The molecule has 0 radical (unpaired) electrons. The highest BCUT2D eigenvalue weighted by atomic mass is 32.1. The molecule has 0 unspecified atom stereocenters. The van der Waals surface area contributed by atoms with Crippen molar-refractivity contribution in [3.8, 4) is 0 Å². The summed E-state index contributed by atoms with van der Waals surface area (Å²) in [5.41, 5.74) is 6.58. The number of nitrogens with two attached hydrogens (primary N) is 1. The van der Waals surface area contributed by atoms with Gasteiger partial charge in [0.1, 0.15) is 4.83 Å². The zero-order valence-electron chi connectivity index (χ0n) is 10.2. The molecule has 2 rings (SSSR count). The molecule has 0 saturated carbocycles. The SMILES string of the molecule is C=C(C)Cn1cnc2sc(C(N)=O)c(C)c2c1=O. The van der Waals surface area contributed by atoms with E-state index in [9.17, 15) is 9.59 Å². The molecule has 0 fully saturated rings. The van der Waals surface area contributed by atoms with Gasteiger partial charge in [-0.1, -0.05) is 12.2 Å². The van der Waals surface area contributed by atoms with Gasteiger partial charge in [-0.05, 0) is 19.4 Å². The number of nitrogens with zero attached hydrogens (tertiary/aromatic N) is 2. The van der Waals surface area contributed by atoms with E-state index in [0.29, 0.717) is 27.2 Å². The van der Waals surface area contributed by atoms with Crippen molar-refractivity contribution in [2.24, 2.45) is 5.73 Å². The predicted octanol–water partition coefficient (Wildman–Crippen LogP) is 1.44. The summed E-state index contributed by atoms with van der Waals surface area (Å²) in [5.74, 6) is -0.527. The van der Waals surface area contributed by atoms with Crippen LogP contribution in [-0.4, -0.2) is 15.5 Å². The van der Waals surface area contributed by atoms with Crippen LogP contribution in [0.4, 0.5) is 0 Å². The van der Waals surface area contributed by atoms with E-state index in [1.165, 1.54) is 10.9 Å². The Balaban J connectivity index is 2.74. The van der Waals surface area contributed by atoms with Crippen molar-refractivity contribution in [3.63, 3.8) is 0 Å². The van der Waals surface area contributed by atoms with Crippen LogP contribution in [0.15, 0.2) is 23.3 Å². The van der Waals surface area contributed by atoms with Crippen LogP contribution in [-0.2, 0) is 6.54 Å². The minimum Gasteiger partial charge on any atom is -0.365 e. The third kappa shape index (κ3) is 1.95. The van der Waals surface area contributed by atoms with E-state index >= 15 is 0 Å². The zero-order valence-corrected chi connectivity index (χ0v) is 11.0. The number of amides is 1. The number of primary amides is 1. The summed E-state index contributed by atoms with van der Waals surface area (Å²) in [6.45, 7) is 7.74. The van der Waals surface area contributed by atoms with E-state index in [1.807, 2.05) is 6.92 Å². The Morgan fingerprint density at radius 3 is 2.83 bits per heavy atom. The van der Waals surface area contributed by atoms with Gasteiger partial charge in [0.15, 0.2) is 0 Å². The van der Waals surface area contributed by atoms with Crippen LogP contribution in [0, 0.1) is 6.92 Å². The van der Waals surface area contributed by atoms with Crippen LogP contribution in [0.1, 0.15) is 22.2 Å². The molecule has 0 aliphatic rings. The van der Waals surface area contributed by atoms with Crippen molar-refractivity contribution < 1.29 is 4.79 Å². The summed E-state index contributed by atoms with van der Waals surface area (Å²) in [6.07, 6.45) is 1.47. The number of allylic oxidation sites excluding steroid dienone is 1. The Morgan fingerprint density at radius 1 is 1.61 bits per heavy atom. The van der Waals surface area contributed by atoms with Crippen molar-refractivity contribution in [1.82, 2.24) is 9.55 Å². The first-order chi connectivity index (χ1) is 8.41. The summed E-state index contributed by atoms with van der Waals surface area (Å²) in [6, 6.07) is 0. The van der Waals surface area contributed by atoms with Crippen LogP contribution in [0.2, 0.25) is 0 Å². The lowest BCUT2D eigenvalue weighted by Gasteiger charge is -2.04. The quantitative estimate of drug-likeness (QED) is 0.851. The van der Waals surface area contributed by atoms with Gasteiger partial charge < -0.3 is 5.73 Å². The monoisotopic (exact) mass is 263 g/mol. The van der Waals surface area contributed by atoms with Crippen LogP contribution >= 0.6 is 11.3 Å². The molecule has 18 heavy (non-hydrogen) atoms. The molecular weight excluding hydrogens is 250 g/mol. The molecular formula is C12H13N3O2S. The fourth-order valence-electron chi connectivity index (χ4n) is 1.80. The zero-order chi connectivity index (χ0) is 13.4. The molecule has 0 bridgehead atoms. The maximum atomic E-state index is 12.3. The third-order valence-electron chi connectivity index (χ3n) is 2.58. The number of hydrogen-bond donors (Lipinski definition) is 1. The number of rotatable bonds is 3. The largest absolute Gasteiger partial charge is 0.365 e. The van der Waals surface area contributed by atoms with Gasteiger partial charge >= 0.3 is 0 Å². The predicted molar refractivity (Wildman–Crippen MR) is 71.9 cm³/mol. The highest BCUT2D eigenvalue weighted by Crippen LogP contribution is 2.26. The van der Waals surface area contributed by atoms with Gasteiger partial charge in [-0.25, -0.2) is 4.98 Å². The van der Waals surface area contributed by atoms with Crippen LogP contribution in [0.5, 0.6) is 0 Å². The molecule has 2 N–H and O–H groups in total. The second-order valence-electron chi connectivity index (χ2n) is 4.24. The average molecular weight is 263 g/mol. The Hall–Kier alpha value is -1.95. The molecule has 1 amide bonds. The molecule has 0 aromatic carbocycles. The summed E-state index contributed by atoms with van der Waals surface area (Å²) < 4.78 is 1.48. The fourth-order valence-corrected chi connectivity index (χ4v) is 2.79. The maximum Gasteiger partial charge on any atom is 0.262 e. The number of aryl methyl sites for hydroxylation is 1. The molecule has 0 aliphatic heterocycles. The van der Waals surface area contributed by atoms with Crippen LogP contribution in [0.3, 0.4) is 0 Å². The van der Waals surface area contributed by atoms with Gasteiger partial charge in [-0.3, -0.25) is 14.2 Å². The van der Waals surface area contributed by atoms with Gasteiger partial charge in [0.2, 0.25) is 0 Å². The van der Waals surface area contributed by atoms with Crippen LogP contribution in [0.25, 0.3) is 10.2 Å². The highest BCUT2D eigenvalue weighted by Gasteiger charge is 2.17. The number of fused-ring (bicyclic) bond motifs is 1. The van der Waals surface area contributed by atoms with Crippen molar-refractivity contribution in [1.29, 1.82) is 0 Å². The van der Waals surface area contributed by atoms with Crippen molar-refractivity contribution in [2.75, 3.05) is 0 Å². The molecule has 5 nitrogen and oxygen atoms in total. The molecule has 6 heteroatoms. The van der Waals surface area contributed by atoms with Gasteiger partial charge in [-0.2, -0.15) is 0 Å². The number of carbonyl (C=O) groups is 1. The average Bonchev–Trinajstić information content (AvgIpc) is 2.60. The van der Waals surface area contributed by atoms with E-state index in [1.54, 1.807) is 6.92 Å². The molecule has 0 atom stereocenters. The lowest BCUT2D eigenvalue weighted by atomic mass is 10.2. The highest BCUT2D eigenvalue weighted by molar-refractivity contribution is 7.20. The van der Waals surface area contributed by atoms with Gasteiger partial charge in [0, 0.05) is 6.54 Å². The van der Waals surface area contributed by atoms with Gasteiger partial charge in [0.25, 0.3) is 11.5 Å². The molecule has 2 aromatic heterocycles. The lowest BCUT2D eigenvalue weighted by Crippen LogP contribution is -2.21. The van der Waals surface area contributed by atoms with E-state index in [2.05, 4.69) is 11.6 Å². The van der Waals surface area contributed by atoms with E-state index in [0.717, 1.165) is 16.9 Å². The topological polar surface area (TPSA) is 78.0 Å². The van der Waals surface area contributed by atoms with Gasteiger partial charge in [-0.15, -0.1) is 11.3 Å². The summed E-state index contributed by atoms with van der Waals surface area (Å²) in [4.78, 5) is 28.6. The molecule has 2 heterocycles. The molecule has 0 saturated heterocycles. The molecule has 94 valence electrons. The fraction of sp³-hybridized carbons (Fsp3) is 0.250. The third-order valence-corrected chi connectivity index (χ3v) is 3.80. The maximum absolute atomic E-state index is 12.3. The van der Waals surface area contributed by atoms with Crippen LogP contribution < -0.4 is 11.3 Å². The van der Waals surface area contributed by atoms with E-state index in [4.69, 9.17) is 5.73 Å². The lowest BCUT2D eigenvalue weighted by molar-refractivity contribution is 0.100. The first-order valence-corrected chi connectivity index (χ1v) is 6.16. The normalized spacial score (nSPS) is 10.8. The summed E-state index contributed by atoms with van der Waals surface area (Å²) in [5, 5.41) is 0.470. The van der Waals surface area contributed by atoms with Crippen molar-refractivity contribution >= 4 is 27.5 Å². The first kappa shape index (κ1) is 12.5. The number of aromatic nitrogens is 2.